The van der Waals surface area contributed by atoms with Crippen molar-refractivity contribution in [3.05, 3.63) is 29.8 Å². The topological polar surface area (TPSA) is 50.8 Å². The smallest absolute Gasteiger partial charge is 0.344 e. The quantitative estimate of drug-likeness (QED) is 0.794. The van der Waals surface area contributed by atoms with Gasteiger partial charge in [-0.2, -0.15) is 0 Å². The Bertz CT molecular complexity index is 530. The number of nitrogens with zero attached hydrogens (tertiary/aromatic N) is 1. The van der Waals surface area contributed by atoms with E-state index in [9.17, 15) is 4.79 Å². The highest BCUT2D eigenvalue weighted by Crippen LogP contribution is 2.36. The van der Waals surface area contributed by atoms with Gasteiger partial charge in [-0.05, 0) is 56.0 Å². The lowest BCUT2D eigenvalue weighted by Gasteiger charge is -2.22. The molecule has 1 spiro atoms. The van der Waals surface area contributed by atoms with Crippen LogP contribution in [-0.4, -0.2) is 50.3 Å². The molecular weight excluding hydrogens is 328 g/mol. The van der Waals surface area contributed by atoms with Gasteiger partial charge in [-0.3, -0.25) is 4.90 Å². The normalized spacial score (nSPS) is 23.2. The van der Waals surface area contributed by atoms with Crippen LogP contribution in [0.5, 0.6) is 5.75 Å². The second-order valence-electron chi connectivity index (χ2n) is 6.63. The van der Waals surface area contributed by atoms with Crippen LogP contribution in [0.3, 0.4) is 0 Å². The summed E-state index contributed by atoms with van der Waals surface area (Å²) in [5.41, 5.74) is 1.80. The summed E-state index contributed by atoms with van der Waals surface area (Å²) < 4.78 is 10.3. The predicted octanol–water partition coefficient (Wildman–Crippen LogP) is 2.24. The monoisotopic (exact) mass is 354 g/mol. The number of ether oxygens (including phenoxy) is 2. The number of carbonyl (C=O) groups is 1. The van der Waals surface area contributed by atoms with E-state index in [4.69, 9.17) is 9.47 Å². The van der Waals surface area contributed by atoms with Crippen molar-refractivity contribution >= 4 is 18.4 Å². The Kier molecular flexibility index (Phi) is 6.90. The van der Waals surface area contributed by atoms with Crippen LogP contribution in [0.25, 0.3) is 0 Å². The third kappa shape index (κ3) is 4.85. The van der Waals surface area contributed by atoms with Gasteiger partial charge in [-0.25, -0.2) is 4.79 Å². The van der Waals surface area contributed by atoms with Crippen LogP contribution in [0.4, 0.5) is 0 Å². The van der Waals surface area contributed by atoms with Gasteiger partial charge in [0.2, 0.25) is 0 Å². The molecule has 6 heteroatoms. The van der Waals surface area contributed by atoms with Crippen molar-refractivity contribution in [2.75, 3.05) is 39.4 Å². The van der Waals surface area contributed by atoms with Crippen LogP contribution in [-0.2, 0) is 16.1 Å². The van der Waals surface area contributed by atoms with E-state index in [1.807, 2.05) is 12.1 Å². The third-order valence-electron chi connectivity index (χ3n) is 4.84. The van der Waals surface area contributed by atoms with Crippen molar-refractivity contribution in [3.63, 3.8) is 0 Å². The molecule has 0 aliphatic carbocycles. The van der Waals surface area contributed by atoms with Gasteiger partial charge < -0.3 is 14.8 Å². The number of halogens is 1. The van der Waals surface area contributed by atoms with Crippen molar-refractivity contribution in [2.24, 2.45) is 5.41 Å². The molecule has 2 aliphatic heterocycles. The van der Waals surface area contributed by atoms with Crippen LogP contribution >= 0.6 is 12.4 Å². The number of esters is 1. The number of nitrogens with one attached hydrogen (secondary N) is 1. The van der Waals surface area contributed by atoms with Crippen molar-refractivity contribution in [1.29, 1.82) is 0 Å². The second kappa shape index (κ2) is 8.70. The fourth-order valence-corrected chi connectivity index (χ4v) is 3.60. The van der Waals surface area contributed by atoms with Gasteiger partial charge in [-0.1, -0.05) is 12.1 Å². The summed E-state index contributed by atoms with van der Waals surface area (Å²) in [6.07, 6.45) is 2.62. The molecule has 0 radical (unpaired) electrons. The highest BCUT2D eigenvalue weighted by Gasteiger charge is 2.39. The largest absolute Gasteiger partial charge is 0.482 e. The van der Waals surface area contributed by atoms with Gasteiger partial charge in [0.1, 0.15) is 5.75 Å². The highest BCUT2D eigenvalue weighted by atomic mass is 35.5. The number of hydrogen-bond donors (Lipinski definition) is 1. The molecule has 2 heterocycles. The van der Waals surface area contributed by atoms with Crippen LogP contribution in [0.2, 0.25) is 0 Å². The van der Waals surface area contributed by atoms with Crippen LogP contribution in [0, 0.1) is 5.41 Å². The summed E-state index contributed by atoms with van der Waals surface area (Å²) in [4.78, 5) is 13.8. The van der Waals surface area contributed by atoms with Crippen molar-refractivity contribution < 1.29 is 14.3 Å². The molecule has 1 N–H and O–H groups in total. The molecule has 1 atom stereocenters. The molecule has 3 rings (SSSR count). The lowest BCUT2D eigenvalue weighted by atomic mass is 9.86. The van der Waals surface area contributed by atoms with Gasteiger partial charge in [0.15, 0.2) is 6.61 Å². The molecule has 0 amide bonds. The Hall–Kier alpha value is -1.30. The predicted molar refractivity (Wildman–Crippen MR) is 95.6 cm³/mol. The minimum absolute atomic E-state index is 0. The summed E-state index contributed by atoms with van der Waals surface area (Å²) in [6.45, 7) is 7.84. The van der Waals surface area contributed by atoms with E-state index >= 15 is 0 Å². The molecular formula is C18H27ClN2O3. The molecule has 1 unspecified atom stereocenters. The first-order valence-electron chi connectivity index (χ1n) is 8.50. The summed E-state index contributed by atoms with van der Waals surface area (Å²) in [5.74, 6) is 0.379. The molecule has 0 aromatic heterocycles. The lowest BCUT2D eigenvalue weighted by Crippen LogP contribution is -2.28. The maximum atomic E-state index is 11.3. The number of likely N-dealkylation sites (tertiary alicyclic amines) is 1. The molecule has 0 saturated carbocycles. The van der Waals surface area contributed by atoms with E-state index in [-0.39, 0.29) is 25.0 Å². The molecule has 24 heavy (non-hydrogen) atoms. The van der Waals surface area contributed by atoms with E-state index in [0.717, 1.165) is 6.54 Å². The Morgan fingerprint density at radius 3 is 2.75 bits per heavy atom. The fraction of sp³-hybridized carbons (Fsp3) is 0.611. The molecule has 1 aromatic rings. The first kappa shape index (κ1) is 19.0. The Balaban J connectivity index is 0.00000208. The maximum Gasteiger partial charge on any atom is 0.344 e. The van der Waals surface area contributed by atoms with Gasteiger partial charge in [0, 0.05) is 19.6 Å². The van der Waals surface area contributed by atoms with E-state index in [2.05, 4.69) is 22.3 Å². The molecule has 2 fully saturated rings. The molecule has 2 saturated heterocycles. The lowest BCUT2D eigenvalue weighted by molar-refractivity contribution is -0.145. The second-order valence-corrected chi connectivity index (χ2v) is 6.63. The average Bonchev–Trinajstić information content (AvgIpc) is 3.17. The molecule has 134 valence electrons. The van der Waals surface area contributed by atoms with E-state index < -0.39 is 0 Å². The minimum Gasteiger partial charge on any atom is -0.482 e. The molecule has 2 aliphatic rings. The van der Waals surface area contributed by atoms with Gasteiger partial charge in [0.05, 0.1) is 6.61 Å². The summed E-state index contributed by atoms with van der Waals surface area (Å²) >= 11 is 0. The van der Waals surface area contributed by atoms with Crippen molar-refractivity contribution in [1.82, 2.24) is 10.2 Å². The third-order valence-corrected chi connectivity index (χ3v) is 4.84. The average molecular weight is 355 g/mol. The fourth-order valence-electron chi connectivity index (χ4n) is 3.60. The summed E-state index contributed by atoms with van der Waals surface area (Å²) in [7, 11) is 0. The van der Waals surface area contributed by atoms with Crippen molar-refractivity contribution in [3.8, 4) is 5.75 Å². The first-order valence-corrected chi connectivity index (χ1v) is 8.50. The SMILES string of the molecule is CCOC(=O)COc1ccc(CN2CCC3(CCNC3)C2)cc1.Cl. The zero-order valence-corrected chi connectivity index (χ0v) is 15.1. The van der Waals surface area contributed by atoms with Gasteiger partial charge >= 0.3 is 5.97 Å². The first-order chi connectivity index (χ1) is 11.2. The minimum atomic E-state index is -0.330. The van der Waals surface area contributed by atoms with E-state index in [1.165, 1.54) is 44.6 Å². The molecule has 0 bridgehead atoms. The van der Waals surface area contributed by atoms with Crippen molar-refractivity contribution in [2.45, 2.75) is 26.3 Å². The molecule has 5 nitrogen and oxygen atoms in total. The zero-order valence-electron chi connectivity index (χ0n) is 14.3. The summed E-state index contributed by atoms with van der Waals surface area (Å²) in [5, 5.41) is 3.50. The zero-order chi connectivity index (χ0) is 16.1. The Labute approximate surface area is 150 Å². The number of carbonyl (C=O) groups excluding carboxylic acids is 1. The number of hydrogen-bond acceptors (Lipinski definition) is 5. The van der Waals surface area contributed by atoms with Crippen LogP contribution in [0.15, 0.2) is 24.3 Å². The highest BCUT2D eigenvalue weighted by molar-refractivity contribution is 5.85. The van der Waals surface area contributed by atoms with Crippen LogP contribution in [0.1, 0.15) is 25.3 Å². The molecule has 1 aromatic carbocycles. The van der Waals surface area contributed by atoms with Crippen LogP contribution < -0.4 is 10.1 Å². The standard InChI is InChI=1S/C18H26N2O3.ClH/c1-2-22-17(21)12-23-16-5-3-15(4-6-16)11-20-10-8-18(14-20)7-9-19-13-18;/h3-6,19H,2,7-14H2,1H3;1H. The number of benzene rings is 1. The Morgan fingerprint density at radius 1 is 1.29 bits per heavy atom. The van der Waals surface area contributed by atoms with Gasteiger partial charge in [-0.15, -0.1) is 12.4 Å². The Morgan fingerprint density at radius 2 is 2.08 bits per heavy atom. The maximum absolute atomic E-state index is 11.3. The van der Waals surface area contributed by atoms with E-state index in [0.29, 0.717) is 17.8 Å². The summed E-state index contributed by atoms with van der Waals surface area (Å²) in [6, 6.07) is 8.02. The number of rotatable bonds is 6. The van der Waals surface area contributed by atoms with E-state index in [1.54, 1.807) is 6.92 Å². The van der Waals surface area contributed by atoms with Gasteiger partial charge in [0.25, 0.3) is 0 Å².